The smallest absolute Gasteiger partial charge is 0.254 e. The Morgan fingerprint density at radius 1 is 1.00 bits per heavy atom. The van der Waals surface area contributed by atoms with Crippen LogP contribution in [0.2, 0.25) is 0 Å². The van der Waals surface area contributed by atoms with Crippen LogP contribution in [0.25, 0.3) is 22.1 Å². The van der Waals surface area contributed by atoms with Crippen molar-refractivity contribution in [2.24, 2.45) is 7.05 Å². The number of piperazine rings is 1. The normalized spacial score (nSPS) is 14.9. The maximum absolute atomic E-state index is 14.2. The topological polar surface area (TPSA) is 96.1 Å². The van der Waals surface area contributed by atoms with Gasteiger partial charge in [0.2, 0.25) is 0 Å². The number of halogens is 3. The molecule has 1 atom stereocenters. The van der Waals surface area contributed by atoms with E-state index in [1.807, 2.05) is 40.8 Å². The van der Waals surface area contributed by atoms with Gasteiger partial charge in [0.05, 0.1) is 28.3 Å². The molecule has 1 unspecified atom stereocenters. The van der Waals surface area contributed by atoms with Crippen molar-refractivity contribution in [3.63, 3.8) is 0 Å². The third kappa shape index (κ3) is 4.14. The van der Waals surface area contributed by atoms with Crippen LogP contribution < -0.4 is 10.6 Å². The van der Waals surface area contributed by atoms with Crippen molar-refractivity contribution < 1.29 is 18.0 Å². The molecule has 5 aromatic rings. The average Bonchev–Trinajstić information content (AvgIpc) is 3.54. The number of anilines is 2. The zero-order valence-electron chi connectivity index (χ0n) is 21.4. The van der Waals surface area contributed by atoms with Gasteiger partial charge in [-0.3, -0.25) is 4.79 Å². The van der Waals surface area contributed by atoms with Crippen LogP contribution in [0.3, 0.4) is 0 Å². The van der Waals surface area contributed by atoms with Crippen molar-refractivity contribution in [3.8, 4) is 0 Å². The summed E-state index contributed by atoms with van der Waals surface area (Å²) in [5.41, 5.74) is 9.16. The lowest BCUT2D eigenvalue weighted by molar-refractivity contribution is 0.0747. The van der Waals surface area contributed by atoms with Crippen molar-refractivity contribution in [2.75, 3.05) is 36.8 Å². The highest BCUT2D eigenvalue weighted by Crippen LogP contribution is 2.30. The van der Waals surface area contributed by atoms with Crippen molar-refractivity contribution in [1.29, 1.82) is 0 Å². The van der Waals surface area contributed by atoms with E-state index in [9.17, 15) is 18.0 Å². The third-order valence-electron chi connectivity index (χ3n) is 7.44. The number of nitrogens with one attached hydrogen (secondary N) is 1. The number of fused-ring (bicyclic) bond motifs is 2. The Bertz CT molecular complexity index is 1740. The number of carbonyl (C=O) groups excluding carboxylic acids is 1. The summed E-state index contributed by atoms with van der Waals surface area (Å²) >= 11 is 0. The number of nitrogens with zero attached hydrogens (tertiary/aromatic N) is 5. The second-order valence-corrected chi connectivity index (χ2v) is 9.79. The largest absolute Gasteiger partial charge is 0.397 e. The maximum Gasteiger partial charge on any atom is 0.254 e. The number of nitrogens with two attached hydrogens (primary N) is 1. The van der Waals surface area contributed by atoms with E-state index in [0.717, 1.165) is 11.2 Å². The molecule has 0 radical (unpaired) electrons. The summed E-state index contributed by atoms with van der Waals surface area (Å²) in [4.78, 5) is 28.9. The SMILES string of the molecule is CC(c1nc2c(F)cc(F)c(F)c2[nH]1)c1nc2ccc(C(=O)N3CCN(c4ccccc4N)CC3)cc2n1C. The van der Waals surface area contributed by atoms with Gasteiger partial charge in [0.1, 0.15) is 22.7 Å². The molecule has 200 valence electrons. The number of amides is 1. The number of H-pyrrole nitrogens is 1. The standard InChI is InChI=1S/C28H26F3N7O/c1-15(26-34-24-18(30)14-17(29)23(31)25(24)35-26)27-33-20-8-7-16(13-22(20)36(27)2)28(39)38-11-9-37(10-12-38)21-6-4-3-5-19(21)32/h3-8,13-15H,9-12,32H2,1-2H3,(H,34,35). The highest BCUT2D eigenvalue weighted by atomic mass is 19.2. The molecule has 1 aliphatic heterocycles. The number of benzene rings is 3. The van der Waals surface area contributed by atoms with Gasteiger partial charge in [0.25, 0.3) is 5.91 Å². The van der Waals surface area contributed by atoms with E-state index in [-0.39, 0.29) is 22.8 Å². The van der Waals surface area contributed by atoms with Crippen LogP contribution in [0.5, 0.6) is 0 Å². The molecular formula is C28H26F3N7O. The molecule has 1 fully saturated rings. The molecule has 2 aromatic heterocycles. The fourth-order valence-electron chi connectivity index (χ4n) is 5.25. The number of hydrogen-bond donors (Lipinski definition) is 2. The van der Waals surface area contributed by atoms with Gasteiger partial charge in [-0.05, 0) is 37.3 Å². The fourth-order valence-corrected chi connectivity index (χ4v) is 5.25. The molecule has 3 N–H and O–H groups in total. The molecule has 0 saturated carbocycles. The predicted molar refractivity (Wildman–Crippen MR) is 143 cm³/mol. The number of aryl methyl sites for hydroxylation is 1. The second kappa shape index (κ2) is 9.33. The summed E-state index contributed by atoms with van der Waals surface area (Å²) in [7, 11) is 1.81. The molecule has 1 saturated heterocycles. The van der Waals surface area contributed by atoms with Crippen LogP contribution >= 0.6 is 0 Å². The minimum Gasteiger partial charge on any atom is -0.397 e. The van der Waals surface area contributed by atoms with Crippen LogP contribution in [0.15, 0.2) is 48.5 Å². The van der Waals surface area contributed by atoms with Crippen LogP contribution in [0.1, 0.15) is 34.8 Å². The van der Waals surface area contributed by atoms with E-state index in [2.05, 4.69) is 19.9 Å². The third-order valence-corrected chi connectivity index (χ3v) is 7.44. The number of aromatic amines is 1. The van der Waals surface area contributed by atoms with E-state index in [0.29, 0.717) is 54.8 Å². The number of rotatable bonds is 4. The van der Waals surface area contributed by atoms with Gasteiger partial charge in [0.15, 0.2) is 17.5 Å². The Hall–Kier alpha value is -4.54. The minimum absolute atomic E-state index is 0.0707. The van der Waals surface area contributed by atoms with Crippen molar-refractivity contribution in [3.05, 3.63) is 83.2 Å². The summed E-state index contributed by atoms with van der Waals surface area (Å²) in [6, 6.07) is 13.5. The second-order valence-electron chi connectivity index (χ2n) is 9.79. The number of nitrogen functional groups attached to an aromatic ring is 1. The molecule has 3 heterocycles. The Labute approximate surface area is 221 Å². The Balaban J connectivity index is 1.24. The van der Waals surface area contributed by atoms with E-state index < -0.39 is 23.4 Å². The first-order chi connectivity index (χ1) is 18.7. The zero-order valence-corrected chi connectivity index (χ0v) is 21.4. The van der Waals surface area contributed by atoms with E-state index >= 15 is 0 Å². The monoisotopic (exact) mass is 533 g/mol. The van der Waals surface area contributed by atoms with Gasteiger partial charge in [-0.1, -0.05) is 12.1 Å². The molecular weight excluding hydrogens is 507 g/mol. The number of carbonyl (C=O) groups is 1. The van der Waals surface area contributed by atoms with Gasteiger partial charge < -0.3 is 25.1 Å². The average molecular weight is 534 g/mol. The fraction of sp³-hybridized carbons (Fsp3) is 0.250. The molecule has 39 heavy (non-hydrogen) atoms. The van der Waals surface area contributed by atoms with Crippen LogP contribution in [-0.4, -0.2) is 56.5 Å². The summed E-state index contributed by atoms with van der Waals surface area (Å²) in [5.74, 6) is -3.15. The maximum atomic E-state index is 14.2. The first-order valence-electron chi connectivity index (χ1n) is 12.6. The number of aromatic nitrogens is 4. The highest BCUT2D eigenvalue weighted by Gasteiger charge is 2.26. The molecule has 0 aliphatic carbocycles. The van der Waals surface area contributed by atoms with Gasteiger partial charge in [-0.2, -0.15) is 0 Å². The first-order valence-corrected chi connectivity index (χ1v) is 12.6. The summed E-state index contributed by atoms with van der Waals surface area (Å²) in [6.07, 6.45) is 0. The van der Waals surface area contributed by atoms with E-state index in [4.69, 9.17) is 5.73 Å². The van der Waals surface area contributed by atoms with Gasteiger partial charge in [-0.25, -0.2) is 23.1 Å². The molecule has 6 rings (SSSR count). The predicted octanol–water partition coefficient (Wildman–Crippen LogP) is 4.56. The number of para-hydroxylation sites is 2. The Kier molecular flexibility index (Phi) is 5.93. The summed E-state index contributed by atoms with van der Waals surface area (Å²) in [5, 5.41) is 0. The molecule has 11 heteroatoms. The van der Waals surface area contributed by atoms with Crippen molar-refractivity contribution in [2.45, 2.75) is 12.8 Å². The Morgan fingerprint density at radius 3 is 2.49 bits per heavy atom. The molecule has 1 aliphatic rings. The lowest BCUT2D eigenvalue weighted by Crippen LogP contribution is -2.49. The Morgan fingerprint density at radius 2 is 1.74 bits per heavy atom. The van der Waals surface area contributed by atoms with Gasteiger partial charge in [-0.15, -0.1) is 0 Å². The van der Waals surface area contributed by atoms with Crippen LogP contribution in [0, 0.1) is 17.5 Å². The summed E-state index contributed by atoms with van der Waals surface area (Å²) in [6.45, 7) is 4.28. The minimum atomic E-state index is -1.28. The highest BCUT2D eigenvalue weighted by molar-refractivity contribution is 5.97. The van der Waals surface area contributed by atoms with Gasteiger partial charge in [0, 0.05) is 44.9 Å². The molecule has 3 aromatic carbocycles. The lowest BCUT2D eigenvalue weighted by Gasteiger charge is -2.36. The lowest BCUT2D eigenvalue weighted by atomic mass is 10.1. The molecule has 0 bridgehead atoms. The van der Waals surface area contributed by atoms with E-state index in [1.165, 1.54) is 0 Å². The number of imidazole rings is 2. The zero-order chi connectivity index (χ0) is 27.4. The van der Waals surface area contributed by atoms with Crippen molar-refractivity contribution >= 4 is 39.3 Å². The quantitative estimate of drug-likeness (QED) is 0.261. The number of hydrogen-bond acceptors (Lipinski definition) is 5. The van der Waals surface area contributed by atoms with Gasteiger partial charge >= 0.3 is 0 Å². The first kappa shape index (κ1) is 24.8. The van der Waals surface area contributed by atoms with Crippen molar-refractivity contribution in [1.82, 2.24) is 24.4 Å². The van der Waals surface area contributed by atoms with Crippen LogP contribution in [0.4, 0.5) is 24.5 Å². The summed E-state index contributed by atoms with van der Waals surface area (Å²) < 4.78 is 43.9. The molecule has 0 spiro atoms. The molecule has 8 nitrogen and oxygen atoms in total. The molecule has 1 amide bonds. The van der Waals surface area contributed by atoms with Crippen LogP contribution in [-0.2, 0) is 7.05 Å². The van der Waals surface area contributed by atoms with E-state index in [1.54, 1.807) is 25.1 Å².